The summed E-state index contributed by atoms with van der Waals surface area (Å²) in [7, 11) is 0. The molecule has 0 saturated heterocycles. The topological polar surface area (TPSA) is 17.1 Å². The van der Waals surface area contributed by atoms with Crippen LogP contribution < -0.4 is 0 Å². The van der Waals surface area contributed by atoms with Gasteiger partial charge in [-0.3, -0.25) is 4.79 Å². The van der Waals surface area contributed by atoms with E-state index in [0.717, 1.165) is 17.2 Å². The second-order valence-corrected chi connectivity index (χ2v) is 5.29. The van der Waals surface area contributed by atoms with E-state index in [0.29, 0.717) is 18.6 Å². The summed E-state index contributed by atoms with van der Waals surface area (Å²) in [5, 5.41) is 0. The van der Waals surface area contributed by atoms with Gasteiger partial charge >= 0.3 is 0 Å². The molecule has 0 aromatic carbocycles. The van der Waals surface area contributed by atoms with Crippen LogP contribution in [0.2, 0.25) is 4.34 Å². The van der Waals surface area contributed by atoms with E-state index in [2.05, 4.69) is 12.1 Å². The van der Waals surface area contributed by atoms with Crippen molar-refractivity contribution in [3.63, 3.8) is 0 Å². The lowest BCUT2D eigenvalue weighted by Crippen LogP contribution is -2.04. The lowest BCUT2D eigenvalue weighted by molar-refractivity contribution is -0.118. The second kappa shape index (κ2) is 4.28. The van der Waals surface area contributed by atoms with Gasteiger partial charge in [0.1, 0.15) is 5.78 Å². The van der Waals surface area contributed by atoms with Gasteiger partial charge in [-0.2, -0.15) is 0 Å². The summed E-state index contributed by atoms with van der Waals surface area (Å²) >= 11 is 7.47. The number of carbonyl (C=O) groups excluding carboxylic acids is 1. The van der Waals surface area contributed by atoms with Crippen LogP contribution in [-0.4, -0.2) is 5.78 Å². The monoisotopic (exact) mass is 226 g/mol. The fourth-order valence-corrected chi connectivity index (χ4v) is 2.73. The highest BCUT2D eigenvalue weighted by Crippen LogP contribution is 2.26. The summed E-state index contributed by atoms with van der Waals surface area (Å²) in [5.41, 5.74) is 1.38. The van der Waals surface area contributed by atoms with E-state index in [1.54, 1.807) is 11.3 Å². The third-order valence-corrected chi connectivity index (χ3v) is 3.60. The molecule has 0 N–H and O–H groups in total. The van der Waals surface area contributed by atoms with Crippen LogP contribution in [0.15, 0.2) is 23.8 Å². The molecule has 1 heterocycles. The first-order valence-electron chi connectivity index (χ1n) is 4.68. The minimum Gasteiger partial charge on any atom is -0.299 e. The molecule has 1 aromatic heterocycles. The summed E-state index contributed by atoms with van der Waals surface area (Å²) in [6.45, 7) is 0. The molecule has 0 unspecified atom stereocenters. The first kappa shape index (κ1) is 9.94. The van der Waals surface area contributed by atoms with Gasteiger partial charge in [0, 0.05) is 24.1 Å². The van der Waals surface area contributed by atoms with E-state index < -0.39 is 0 Å². The highest BCUT2D eigenvalue weighted by Gasteiger charge is 2.11. The highest BCUT2D eigenvalue weighted by atomic mass is 35.5. The molecular formula is C11H11ClOS. The van der Waals surface area contributed by atoms with Crippen LogP contribution in [0.3, 0.4) is 0 Å². The number of allylic oxidation sites excluding steroid dienone is 2. The molecule has 1 aliphatic rings. The molecule has 0 saturated carbocycles. The van der Waals surface area contributed by atoms with E-state index in [4.69, 9.17) is 11.6 Å². The first-order chi connectivity index (χ1) is 6.74. The number of ketones is 1. The van der Waals surface area contributed by atoms with E-state index >= 15 is 0 Å². The Morgan fingerprint density at radius 2 is 2.21 bits per heavy atom. The van der Waals surface area contributed by atoms with Gasteiger partial charge in [0.05, 0.1) is 4.34 Å². The molecule has 74 valence electrons. The Morgan fingerprint density at radius 1 is 1.36 bits per heavy atom. The van der Waals surface area contributed by atoms with Crippen molar-refractivity contribution in [2.45, 2.75) is 25.7 Å². The molecule has 0 radical (unpaired) electrons. The summed E-state index contributed by atoms with van der Waals surface area (Å²) in [5.74, 6) is 0.359. The first-order valence-corrected chi connectivity index (χ1v) is 5.87. The molecule has 0 fully saturated rings. The van der Waals surface area contributed by atoms with E-state index in [9.17, 15) is 4.79 Å². The van der Waals surface area contributed by atoms with Gasteiger partial charge in [-0.1, -0.05) is 23.3 Å². The molecule has 1 nitrogen and oxygen atoms in total. The summed E-state index contributed by atoms with van der Waals surface area (Å²) < 4.78 is 0.840. The lowest BCUT2D eigenvalue weighted by atomic mass is 9.96. The van der Waals surface area contributed by atoms with Crippen molar-refractivity contribution in [2.24, 2.45) is 0 Å². The SMILES string of the molecule is O=C1CC=C(Cc2ccc(Cl)s2)CC1. The van der Waals surface area contributed by atoms with Gasteiger partial charge in [0.25, 0.3) is 0 Å². The molecule has 14 heavy (non-hydrogen) atoms. The van der Waals surface area contributed by atoms with Gasteiger partial charge in [-0.25, -0.2) is 0 Å². The maximum Gasteiger partial charge on any atom is 0.136 e. The largest absolute Gasteiger partial charge is 0.299 e. The van der Waals surface area contributed by atoms with Crippen molar-refractivity contribution < 1.29 is 4.79 Å². The van der Waals surface area contributed by atoms with Crippen molar-refractivity contribution in [1.29, 1.82) is 0 Å². The van der Waals surface area contributed by atoms with Crippen molar-refractivity contribution in [3.8, 4) is 0 Å². The highest BCUT2D eigenvalue weighted by molar-refractivity contribution is 7.16. The number of Topliss-reactive ketones (excluding diaryl/α,β-unsaturated/α-hetero) is 1. The summed E-state index contributed by atoms with van der Waals surface area (Å²) in [4.78, 5) is 12.3. The van der Waals surface area contributed by atoms with Gasteiger partial charge in [0.2, 0.25) is 0 Å². The smallest absolute Gasteiger partial charge is 0.136 e. The molecule has 3 heteroatoms. The van der Waals surface area contributed by atoms with Crippen LogP contribution in [0.1, 0.15) is 24.1 Å². The third kappa shape index (κ3) is 2.46. The van der Waals surface area contributed by atoms with Crippen LogP contribution in [0.4, 0.5) is 0 Å². The molecule has 2 rings (SSSR count). The van der Waals surface area contributed by atoms with Crippen LogP contribution >= 0.6 is 22.9 Å². The number of halogens is 1. The zero-order valence-electron chi connectivity index (χ0n) is 7.75. The van der Waals surface area contributed by atoms with Gasteiger partial charge < -0.3 is 0 Å². The fraction of sp³-hybridized carbons (Fsp3) is 0.364. The minimum absolute atomic E-state index is 0.359. The Hall–Kier alpha value is -0.600. The number of hydrogen-bond donors (Lipinski definition) is 0. The molecule has 0 spiro atoms. The summed E-state index contributed by atoms with van der Waals surface area (Å²) in [6.07, 6.45) is 5.29. The Kier molecular flexibility index (Phi) is 3.04. The average Bonchev–Trinajstić information content (AvgIpc) is 2.56. The third-order valence-electron chi connectivity index (χ3n) is 2.37. The molecule has 1 aliphatic carbocycles. The van der Waals surface area contributed by atoms with Crippen LogP contribution in [0.5, 0.6) is 0 Å². The maximum absolute atomic E-state index is 11.0. The Balaban J connectivity index is 2.01. The Bertz CT molecular complexity index is 378. The lowest BCUT2D eigenvalue weighted by Gasteiger charge is -2.10. The molecule has 1 aromatic rings. The van der Waals surface area contributed by atoms with Crippen LogP contribution in [0, 0.1) is 0 Å². The molecule has 0 aliphatic heterocycles. The Morgan fingerprint density at radius 3 is 2.79 bits per heavy atom. The normalized spacial score (nSPS) is 16.9. The predicted octanol–water partition coefficient (Wildman–Crippen LogP) is 3.62. The predicted molar refractivity (Wildman–Crippen MR) is 60.0 cm³/mol. The van der Waals surface area contributed by atoms with Gasteiger partial charge in [-0.15, -0.1) is 11.3 Å². The van der Waals surface area contributed by atoms with E-state index in [1.165, 1.54) is 10.5 Å². The maximum atomic E-state index is 11.0. The van der Waals surface area contributed by atoms with E-state index in [-0.39, 0.29) is 0 Å². The average molecular weight is 227 g/mol. The fourth-order valence-electron chi connectivity index (χ4n) is 1.59. The number of carbonyl (C=O) groups is 1. The summed E-state index contributed by atoms with van der Waals surface area (Å²) in [6, 6.07) is 3.99. The van der Waals surface area contributed by atoms with Crippen LogP contribution in [0.25, 0.3) is 0 Å². The van der Waals surface area contributed by atoms with Crippen molar-refractivity contribution >= 4 is 28.7 Å². The number of thiophene rings is 1. The molecule has 0 amide bonds. The minimum atomic E-state index is 0.359. The van der Waals surface area contributed by atoms with Gasteiger partial charge in [-0.05, 0) is 18.6 Å². The zero-order chi connectivity index (χ0) is 9.97. The van der Waals surface area contributed by atoms with Crippen LogP contribution in [-0.2, 0) is 11.2 Å². The van der Waals surface area contributed by atoms with Gasteiger partial charge in [0.15, 0.2) is 0 Å². The number of rotatable bonds is 2. The molecular weight excluding hydrogens is 216 g/mol. The zero-order valence-corrected chi connectivity index (χ0v) is 9.33. The molecule has 0 bridgehead atoms. The van der Waals surface area contributed by atoms with Crippen molar-refractivity contribution in [1.82, 2.24) is 0 Å². The molecule has 0 atom stereocenters. The van der Waals surface area contributed by atoms with E-state index in [1.807, 2.05) is 6.07 Å². The second-order valence-electron chi connectivity index (χ2n) is 3.49. The number of hydrogen-bond acceptors (Lipinski definition) is 2. The Labute approximate surface area is 92.4 Å². The standard InChI is InChI=1S/C11H11ClOS/c12-11-6-5-10(14-11)7-8-1-3-9(13)4-2-8/h1,5-6H,2-4,7H2. The van der Waals surface area contributed by atoms with Crippen molar-refractivity contribution in [2.75, 3.05) is 0 Å². The van der Waals surface area contributed by atoms with Crippen molar-refractivity contribution in [3.05, 3.63) is 33.0 Å². The quantitative estimate of drug-likeness (QED) is 0.704.